The van der Waals surface area contributed by atoms with Gasteiger partial charge < -0.3 is 4.74 Å². The highest BCUT2D eigenvalue weighted by Gasteiger charge is 2.33. The average Bonchev–Trinajstić information content (AvgIpc) is 3.05. The molecule has 0 bridgehead atoms. The van der Waals surface area contributed by atoms with Gasteiger partial charge in [-0.05, 0) is 30.7 Å². The topological polar surface area (TPSA) is 96.2 Å². The summed E-state index contributed by atoms with van der Waals surface area (Å²) in [6.07, 6.45) is 3.32. The Kier molecular flexibility index (Phi) is 4.23. The molecule has 0 radical (unpaired) electrons. The fraction of sp³-hybridized carbons (Fsp3) is 0.267. The van der Waals surface area contributed by atoms with E-state index in [1.165, 1.54) is 34.9 Å². The van der Waals surface area contributed by atoms with E-state index in [1.54, 1.807) is 12.3 Å². The third-order valence-corrected chi connectivity index (χ3v) is 5.45. The van der Waals surface area contributed by atoms with Gasteiger partial charge in [-0.3, -0.25) is 0 Å². The number of ether oxygens (including phenoxy) is 1. The minimum Gasteiger partial charge on any atom is -0.473 e. The molecule has 0 N–H and O–H groups in total. The molecular formula is C15H14N4O3S. The second-order valence-electron chi connectivity index (χ2n) is 5.08. The van der Waals surface area contributed by atoms with E-state index in [0.29, 0.717) is 24.4 Å². The van der Waals surface area contributed by atoms with Crippen molar-refractivity contribution in [1.29, 1.82) is 5.26 Å². The van der Waals surface area contributed by atoms with Gasteiger partial charge in [0.1, 0.15) is 12.4 Å². The monoisotopic (exact) mass is 330 g/mol. The number of aromatic nitrogens is 2. The first kappa shape index (κ1) is 15.4. The van der Waals surface area contributed by atoms with E-state index in [-0.39, 0.29) is 17.5 Å². The quantitative estimate of drug-likeness (QED) is 0.835. The summed E-state index contributed by atoms with van der Waals surface area (Å²) in [5.74, 6) is 0.433. The molecule has 118 valence electrons. The third kappa shape index (κ3) is 3.31. The SMILES string of the molecule is N#Cc1ccc(S(=O)(=O)N2CCC(Oc3ccncn3)C2)cc1. The lowest BCUT2D eigenvalue weighted by atomic mass is 10.2. The maximum absolute atomic E-state index is 12.6. The normalized spacial score (nSPS) is 18.5. The van der Waals surface area contributed by atoms with E-state index >= 15 is 0 Å². The summed E-state index contributed by atoms with van der Waals surface area (Å²) < 4.78 is 32.2. The molecule has 0 spiro atoms. The van der Waals surface area contributed by atoms with Gasteiger partial charge in [-0.2, -0.15) is 9.57 Å². The maximum atomic E-state index is 12.6. The fourth-order valence-electron chi connectivity index (χ4n) is 2.38. The molecule has 1 atom stereocenters. The van der Waals surface area contributed by atoms with Crippen molar-refractivity contribution in [3.05, 3.63) is 48.4 Å². The molecule has 1 aliphatic rings. The summed E-state index contributed by atoms with van der Waals surface area (Å²) in [7, 11) is -3.58. The van der Waals surface area contributed by atoms with Crippen LogP contribution < -0.4 is 4.74 Å². The molecule has 0 saturated carbocycles. The predicted molar refractivity (Wildman–Crippen MR) is 81.0 cm³/mol. The van der Waals surface area contributed by atoms with Crippen LogP contribution in [0.3, 0.4) is 0 Å². The van der Waals surface area contributed by atoms with Gasteiger partial charge in [-0.1, -0.05) is 0 Å². The molecular weight excluding hydrogens is 316 g/mol. The van der Waals surface area contributed by atoms with Crippen LogP contribution >= 0.6 is 0 Å². The first-order valence-corrected chi connectivity index (χ1v) is 8.46. The zero-order valence-corrected chi connectivity index (χ0v) is 13.0. The van der Waals surface area contributed by atoms with Crippen LogP contribution in [0.15, 0.2) is 47.8 Å². The minimum absolute atomic E-state index is 0.180. The second kappa shape index (κ2) is 6.32. The number of nitriles is 1. The molecule has 7 nitrogen and oxygen atoms in total. The summed E-state index contributed by atoms with van der Waals surface area (Å²) in [6.45, 7) is 0.657. The van der Waals surface area contributed by atoms with Crippen LogP contribution in [-0.2, 0) is 10.0 Å². The predicted octanol–water partition coefficient (Wildman–Crippen LogP) is 1.19. The summed E-state index contributed by atoms with van der Waals surface area (Å²) in [5.41, 5.74) is 0.426. The molecule has 1 unspecified atom stereocenters. The standard InChI is InChI=1S/C15H14N4O3S/c16-9-12-1-3-14(4-2-12)23(20,21)19-8-6-13(10-19)22-15-5-7-17-11-18-15/h1-5,7,11,13H,6,8,10H2. The molecule has 3 rings (SSSR count). The largest absolute Gasteiger partial charge is 0.473 e. The van der Waals surface area contributed by atoms with E-state index in [0.717, 1.165) is 0 Å². The van der Waals surface area contributed by atoms with Gasteiger partial charge in [0.2, 0.25) is 15.9 Å². The molecule has 0 aliphatic carbocycles. The number of nitrogens with zero attached hydrogens (tertiary/aromatic N) is 4. The summed E-state index contributed by atoms with van der Waals surface area (Å²) in [4.78, 5) is 7.96. The van der Waals surface area contributed by atoms with E-state index in [2.05, 4.69) is 9.97 Å². The Morgan fingerprint density at radius 2 is 2.04 bits per heavy atom. The van der Waals surface area contributed by atoms with Crippen molar-refractivity contribution in [2.24, 2.45) is 0 Å². The van der Waals surface area contributed by atoms with Gasteiger partial charge in [-0.15, -0.1) is 0 Å². The molecule has 1 aliphatic heterocycles. The zero-order chi connectivity index (χ0) is 16.3. The number of sulfonamides is 1. The number of hydrogen-bond donors (Lipinski definition) is 0. The Balaban J connectivity index is 1.71. The summed E-state index contributed by atoms with van der Waals surface area (Å²) >= 11 is 0. The molecule has 8 heteroatoms. The maximum Gasteiger partial charge on any atom is 0.243 e. The first-order valence-electron chi connectivity index (χ1n) is 7.02. The minimum atomic E-state index is -3.58. The van der Waals surface area contributed by atoms with Crippen molar-refractivity contribution in [2.75, 3.05) is 13.1 Å². The van der Waals surface area contributed by atoms with Gasteiger partial charge in [0, 0.05) is 18.8 Å². The molecule has 1 aromatic heterocycles. The Morgan fingerprint density at radius 3 is 2.70 bits per heavy atom. The van der Waals surface area contributed by atoms with Crippen molar-refractivity contribution < 1.29 is 13.2 Å². The number of benzene rings is 1. The molecule has 1 saturated heterocycles. The number of hydrogen-bond acceptors (Lipinski definition) is 6. The van der Waals surface area contributed by atoms with Gasteiger partial charge in [0.15, 0.2) is 0 Å². The van der Waals surface area contributed by atoms with Crippen LogP contribution in [0.4, 0.5) is 0 Å². The molecule has 2 heterocycles. The molecule has 1 fully saturated rings. The molecule has 1 aromatic carbocycles. The highest BCUT2D eigenvalue weighted by molar-refractivity contribution is 7.89. The smallest absolute Gasteiger partial charge is 0.243 e. The molecule has 0 amide bonds. The van der Waals surface area contributed by atoms with Gasteiger partial charge in [0.05, 0.1) is 23.1 Å². The Bertz CT molecular complexity index is 816. The van der Waals surface area contributed by atoms with Crippen molar-refractivity contribution in [2.45, 2.75) is 17.4 Å². The molecule has 2 aromatic rings. The lowest BCUT2D eigenvalue weighted by Gasteiger charge is -2.17. The van der Waals surface area contributed by atoms with E-state index in [9.17, 15) is 8.42 Å². The van der Waals surface area contributed by atoms with E-state index < -0.39 is 10.0 Å². The molecule has 23 heavy (non-hydrogen) atoms. The van der Waals surface area contributed by atoms with Crippen LogP contribution in [0.1, 0.15) is 12.0 Å². The van der Waals surface area contributed by atoms with E-state index in [1.807, 2.05) is 6.07 Å². The Labute approximate surface area is 134 Å². The lowest BCUT2D eigenvalue weighted by Crippen LogP contribution is -2.31. The number of rotatable bonds is 4. The summed E-state index contributed by atoms with van der Waals surface area (Å²) in [6, 6.07) is 9.50. The second-order valence-corrected chi connectivity index (χ2v) is 7.01. The Hall–Kier alpha value is -2.50. The van der Waals surface area contributed by atoms with E-state index in [4.69, 9.17) is 10.00 Å². The van der Waals surface area contributed by atoms with Crippen LogP contribution in [0, 0.1) is 11.3 Å². The summed E-state index contributed by atoms with van der Waals surface area (Å²) in [5, 5.41) is 8.78. The van der Waals surface area contributed by atoms with Crippen molar-refractivity contribution in [3.63, 3.8) is 0 Å². The Morgan fingerprint density at radius 1 is 1.26 bits per heavy atom. The lowest BCUT2D eigenvalue weighted by molar-refractivity contribution is 0.206. The zero-order valence-electron chi connectivity index (χ0n) is 12.2. The fourth-order valence-corrected chi connectivity index (χ4v) is 3.87. The van der Waals surface area contributed by atoms with Gasteiger partial charge in [0.25, 0.3) is 0 Å². The van der Waals surface area contributed by atoms with Crippen LogP contribution in [-0.4, -0.2) is 41.9 Å². The van der Waals surface area contributed by atoms with Crippen molar-refractivity contribution in [1.82, 2.24) is 14.3 Å². The first-order chi connectivity index (χ1) is 11.1. The van der Waals surface area contributed by atoms with Gasteiger partial charge >= 0.3 is 0 Å². The van der Waals surface area contributed by atoms with Crippen molar-refractivity contribution in [3.8, 4) is 11.9 Å². The van der Waals surface area contributed by atoms with Crippen LogP contribution in [0.25, 0.3) is 0 Å². The van der Waals surface area contributed by atoms with Gasteiger partial charge in [-0.25, -0.2) is 18.4 Å². The highest BCUT2D eigenvalue weighted by Crippen LogP contribution is 2.23. The highest BCUT2D eigenvalue weighted by atomic mass is 32.2. The third-order valence-electron chi connectivity index (χ3n) is 3.57. The van der Waals surface area contributed by atoms with Crippen LogP contribution in [0.5, 0.6) is 5.88 Å². The van der Waals surface area contributed by atoms with Crippen LogP contribution in [0.2, 0.25) is 0 Å². The average molecular weight is 330 g/mol. The van der Waals surface area contributed by atoms with Crippen molar-refractivity contribution >= 4 is 10.0 Å².